The van der Waals surface area contributed by atoms with Crippen molar-refractivity contribution in [2.24, 2.45) is 0 Å². The Kier molecular flexibility index (Phi) is 5.59. The maximum absolute atomic E-state index is 13.8. The van der Waals surface area contributed by atoms with Gasteiger partial charge in [0.2, 0.25) is 0 Å². The largest absolute Gasteiger partial charge is 0.289 e. The lowest BCUT2D eigenvalue weighted by molar-refractivity contribution is -0.131. The zero-order chi connectivity index (χ0) is 18.7. The molecule has 0 unspecified atom stereocenters. The summed E-state index contributed by atoms with van der Waals surface area (Å²) in [5, 5.41) is 8.82. The molecule has 134 valence electrons. The Morgan fingerprint density at radius 2 is 1.76 bits per heavy atom. The lowest BCUT2D eigenvalue weighted by Gasteiger charge is -2.25. The molecule has 25 heavy (non-hydrogen) atoms. The predicted molar refractivity (Wildman–Crippen MR) is 93.3 cm³/mol. The number of carbonyl (C=O) groups is 1. The molecule has 0 aliphatic rings. The highest BCUT2D eigenvalue weighted by Crippen LogP contribution is 2.26. The molecule has 0 aliphatic carbocycles. The van der Waals surface area contributed by atoms with Crippen molar-refractivity contribution in [2.75, 3.05) is 6.26 Å². The van der Waals surface area contributed by atoms with E-state index in [1.54, 1.807) is 42.5 Å². The number of hydrogen-bond donors (Lipinski definition) is 2. The van der Waals surface area contributed by atoms with Crippen molar-refractivity contribution in [3.8, 4) is 11.1 Å². The number of amides is 1. The maximum atomic E-state index is 13.8. The van der Waals surface area contributed by atoms with Crippen molar-refractivity contribution in [2.45, 2.75) is 24.5 Å². The second-order valence-corrected chi connectivity index (χ2v) is 8.57. The molecule has 2 N–H and O–H groups in total. The summed E-state index contributed by atoms with van der Waals surface area (Å²) in [5.41, 5.74) is 3.42. The Morgan fingerprint density at radius 1 is 1.16 bits per heavy atom. The van der Waals surface area contributed by atoms with Crippen LogP contribution in [0.3, 0.4) is 0 Å². The van der Waals surface area contributed by atoms with Crippen molar-refractivity contribution in [3.63, 3.8) is 0 Å². The first-order chi connectivity index (χ1) is 11.7. The van der Waals surface area contributed by atoms with E-state index in [9.17, 15) is 17.6 Å². The van der Waals surface area contributed by atoms with Gasteiger partial charge in [-0.1, -0.05) is 42.5 Å². The summed E-state index contributed by atoms with van der Waals surface area (Å²) in [6, 6.07) is 13.5. The van der Waals surface area contributed by atoms with Crippen LogP contribution in [0.4, 0.5) is 4.39 Å². The Bertz CT molecular complexity index is 865. The lowest BCUT2D eigenvalue weighted by Crippen LogP contribution is -2.49. The molecule has 0 heterocycles. The molecule has 0 radical (unpaired) electrons. The Morgan fingerprint density at radius 3 is 2.28 bits per heavy atom. The molecule has 1 atom stereocenters. The van der Waals surface area contributed by atoms with Gasteiger partial charge in [-0.2, -0.15) is 0 Å². The van der Waals surface area contributed by atoms with Crippen LogP contribution in [-0.4, -0.2) is 30.5 Å². The number of halogens is 1. The van der Waals surface area contributed by atoms with Crippen molar-refractivity contribution < 1.29 is 22.8 Å². The topological polar surface area (TPSA) is 83.5 Å². The maximum Gasteiger partial charge on any atom is 0.264 e. The summed E-state index contributed by atoms with van der Waals surface area (Å²) < 4.78 is 35.9. The highest BCUT2D eigenvalue weighted by atomic mass is 32.2. The van der Waals surface area contributed by atoms with E-state index in [1.165, 1.54) is 18.5 Å². The van der Waals surface area contributed by atoms with E-state index in [2.05, 4.69) is 0 Å². The van der Waals surface area contributed by atoms with Crippen LogP contribution in [0.5, 0.6) is 0 Å². The van der Waals surface area contributed by atoms with Crippen molar-refractivity contribution in [1.29, 1.82) is 0 Å². The summed E-state index contributed by atoms with van der Waals surface area (Å²) in [7, 11) is -3.72. The van der Waals surface area contributed by atoms with Crippen LogP contribution in [0.2, 0.25) is 0 Å². The fourth-order valence-corrected chi connectivity index (χ4v) is 3.37. The fourth-order valence-electron chi connectivity index (χ4n) is 2.51. The van der Waals surface area contributed by atoms with E-state index in [0.29, 0.717) is 17.5 Å². The lowest BCUT2D eigenvalue weighted by atomic mass is 9.97. The van der Waals surface area contributed by atoms with Crippen LogP contribution in [0.25, 0.3) is 11.1 Å². The molecule has 7 heteroatoms. The molecule has 2 rings (SSSR count). The average Bonchev–Trinajstić information content (AvgIpc) is 2.59. The van der Waals surface area contributed by atoms with Gasteiger partial charge in [0, 0.05) is 11.8 Å². The van der Waals surface area contributed by atoms with E-state index >= 15 is 0 Å². The number of rotatable bonds is 6. The highest BCUT2D eigenvalue weighted by molar-refractivity contribution is 7.92. The molecule has 0 saturated heterocycles. The third-order valence-corrected chi connectivity index (χ3v) is 6.46. The minimum Gasteiger partial charge on any atom is -0.289 e. The SMILES string of the molecule is C[C@@](CCc1ccc(-c2ccccc2F)cc1)(C(=O)NO)S(C)(=O)=O. The van der Waals surface area contributed by atoms with Crippen molar-refractivity contribution in [3.05, 3.63) is 59.9 Å². The van der Waals surface area contributed by atoms with Gasteiger partial charge in [0.05, 0.1) is 0 Å². The van der Waals surface area contributed by atoms with E-state index in [0.717, 1.165) is 11.8 Å². The third-order valence-electron chi connectivity index (χ3n) is 4.43. The normalized spacial score (nSPS) is 13.9. The van der Waals surface area contributed by atoms with Gasteiger partial charge in [0.25, 0.3) is 5.91 Å². The molecular weight excluding hydrogens is 345 g/mol. The van der Waals surface area contributed by atoms with Gasteiger partial charge in [-0.05, 0) is 37.0 Å². The fraction of sp³-hybridized carbons (Fsp3) is 0.278. The first-order valence-electron chi connectivity index (χ1n) is 7.67. The summed E-state index contributed by atoms with van der Waals surface area (Å²) >= 11 is 0. The molecule has 0 spiro atoms. The summed E-state index contributed by atoms with van der Waals surface area (Å²) in [4.78, 5) is 11.8. The number of aryl methyl sites for hydroxylation is 1. The monoisotopic (exact) mass is 365 g/mol. The van der Waals surface area contributed by atoms with Crippen LogP contribution in [0, 0.1) is 5.82 Å². The number of hydrogen-bond acceptors (Lipinski definition) is 4. The van der Waals surface area contributed by atoms with Gasteiger partial charge in [-0.15, -0.1) is 0 Å². The summed E-state index contributed by atoms with van der Waals surface area (Å²) in [6.45, 7) is 1.28. The molecule has 2 aromatic rings. The third kappa shape index (κ3) is 4.05. The van der Waals surface area contributed by atoms with Crippen molar-refractivity contribution >= 4 is 15.7 Å². The quantitative estimate of drug-likeness (QED) is 0.609. The minimum atomic E-state index is -3.72. The van der Waals surface area contributed by atoms with Crippen LogP contribution < -0.4 is 5.48 Å². The van der Waals surface area contributed by atoms with E-state index in [4.69, 9.17) is 5.21 Å². The van der Waals surface area contributed by atoms with Crippen LogP contribution in [-0.2, 0) is 21.1 Å². The standard InChI is InChI=1S/C18H20FNO4S/c1-18(17(21)20-22,25(2,23)24)12-11-13-7-9-14(10-8-13)15-5-3-4-6-16(15)19/h3-10,22H,11-12H2,1-2H3,(H,20,21)/t18-/m1/s1. The zero-order valence-corrected chi connectivity index (χ0v) is 14.8. The molecule has 0 saturated carbocycles. The Hall–Kier alpha value is -2.25. The van der Waals surface area contributed by atoms with Gasteiger partial charge in [0.15, 0.2) is 9.84 Å². The Labute approximate surface area is 146 Å². The van der Waals surface area contributed by atoms with Crippen LogP contribution >= 0.6 is 0 Å². The number of carbonyl (C=O) groups excluding carboxylic acids is 1. The smallest absolute Gasteiger partial charge is 0.264 e. The molecule has 2 aromatic carbocycles. The average molecular weight is 365 g/mol. The van der Waals surface area contributed by atoms with Gasteiger partial charge >= 0.3 is 0 Å². The first kappa shape index (κ1) is 19.1. The second-order valence-electron chi connectivity index (χ2n) is 6.12. The number of nitrogens with one attached hydrogen (secondary N) is 1. The molecule has 1 amide bonds. The van der Waals surface area contributed by atoms with Crippen LogP contribution in [0.1, 0.15) is 18.9 Å². The predicted octanol–water partition coefficient (Wildman–Crippen LogP) is 2.73. The summed E-state index contributed by atoms with van der Waals surface area (Å²) in [5.74, 6) is -1.28. The molecule has 0 aromatic heterocycles. The zero-order valence-electron chi connectivity index (χ0n) is 14.0. The van der Waals surface area contributed by atoms with E-state index < -0.39 is 20.5 Å². The van der Waals surface area contributed by atoms with Gasteiger partial charge < -0.3 is 0 Å². The second kappa shape index (κ2) is 7.33. The van der Waals surface area contributed by atoms with Gasteiger partial charge in [-0.25, -0.2) is 18.3 Å². The molecule has 5 nitrogen and oxygen atoms in total. The first-order valence-corrected chi connectivity index (χ1v) is 9.56. The minimum absolute atomic E-state index is 0.0112. The van der Waals surface area contributed by atoms with Crippen LogP contribution in [0.15, 0.2) is 48.5 Å². The van der Waals surface area contributed by atoms with Gasteiger partial charge in [0.1, 0.15) is 10.6 Å². The van der Waals surface area contributed by atoms with E-state index in [-0.39, 0.29) is 12.2 Å². The highest BCUT2D eigenvalue weighted by Gasteiger charge is 2.43. The molecule has 0 bridgehead atoms. The van der Waals surface area contributed by atoms with Crippen molar-refractivity contribution in [1.82, 2.24) is 5.48 Å². The number of benzene rings is 2. The number of sulfone groups is 1. The van der Waals surface area contributed by atoms with E-state index in [1.807, 2.05) is 0 Å². The Balaban J connectivity index is 2.19. The van der Waals surface area contributed by atoms with Gasteiger partial charge in [-0.3, -0.25) is 10.0 Å². The molecule has 0 aliphatic heterocycles. The molecular formula is C18H20FNO4S. The number of hydroxylamine groups is 1. The summed E-state index contributed by atoms with van der Waals surface area (Å²) in [6.07, 6.45) is 1.29. The molecule has 0 fully saturated rings.